The number of hydrogen-bond donors (Lipinski definition) is 1. The standard InChI is InChI=1S/C24H24FN3O2/c1-15-7-4-11-20-16(2)23(30-22(15)20)24(29)28(3)12-6-10-19-14-21(27-26-19)17-8-5-9-18(25)13-17/h4-5,7-9,11,13-14H,6,10,12H2,1-3H3,(H,26,27). The number of fused-ring (bicyclic) bond motifs is 1. The average Bonchev–Trinajstić information content (AvgIpc) is 3.33. The molecule has 0 unspecified atom stereocenters. The van der Waals surface area contributed by atoms with E-state index in [1.165, 1.54) is 12.1 Å². The molecule has 0 bridgehead atoms. The van der Waals surface area contributed by atoms with Crippen LogP contribution in [0.15, 0.2) is 52.9 Å². The third-order valence-electron chi connectivity index (χ3n) is 5.39. The number of para-hydroxylation sites is 1. The summed E-state index contributed by atoms with van der Waals surface area (Å²) in [6.45, 7) is 4.49. The fourth-order valence-corrected chi connectivity index (χ4v) is 3.66. The first-order valence-corrected chi connectivity index (χ1v) is 9.98. The van der Waals surface area contributed by atoms with E-state index in [0.717, 1.165) is 46.2 Å². The number of aromatic nitrogens is 2. The smallest absolute Gasteiger partial charge is 0.289 e. The first-order chi connectivity index (χ1) is 14.4. The molecule has 154 valence electrons. The molecule has 0 atom stereocenters. The van der Waals surface area contributed by atoms with Crippen molar-refractivity contribution < 1.29 is 13.6 Å². The summed E-state index contributed by atoms with van der Waals surface area (Å²) in [5.41, 5.74) is 5.06. The number of H-pyrrole nitrogens is 1. The Hall–Kier alpha value is -3.41. The van der Waals surface area contributed by atoms with Crippen molar-refractivity contribution in [2.45, 2.75) is 26.7 Å². The first kappa shape index (κ1) is 19.9. The summed E-state index contributed by atoms with van der Waals surface area (Å²) in [5, 5.41) is 8.24. The van der Waals surface area contributed by atoms with Crippen LogP contribution in [0.3, 0.4) is 0 Å². The lowest BCUT2D eigenvalue weighted by atomic mass is 10.1. The van der Waals surface area contributed by atoms with E-state index >= 15 is 0 Å². The minimum Gasteiger partial charge on any atom is -0.450 e. The van der Waals surface area contributed by atoms with Gasteiger partial charge in [-0.3, -0.25) is 9.89 Å². The summed E-state index contributed by atoms with van der Waals surface area (Å²) >= 11 is 0. The Labute approximate surface area is 174 Å². The predicted molar refractivity (Wildman–Crippen MR) is 115 cm³/mol. The maximum absolute atomic E-state index is 13.4. The van der Waals surface area contributed by atoms with E-state index in [9.17, 15) is 9.18 Å². The van der Waals surface area contributed by atoms with Crippen LogP contribution in [0.5, 0.6) is 0 Å². The van der Waals surface area contributed by atoms with Gasteiger partial charge in [0, 0.05) is 35.8 Å². The normalized spacial score (nSPS) is 11.2. The summed E-state index contributed by atoms with van der Waals surface area (Å²) in [6.07, 6.45) is 1.50. The highest BCUT2D eigenvalue weighted by Crippen LogP contribution is 2.28. The van der Waals surface area contributed by atoms with Gasteiger partial charge in [0.15, 0.2) is 5.76 Å². The molecule has 1 N–H and O–H groups in total. The second kappa shape index (κ2) is 8.14. The molecule has 6 heteroatoms. The van der Waals surface area contributed by atoms with Crippen LogP contribution >= 0.6 is 0 Å². The Balaban J connectivity index is 1.38. The lowest BCUT2D eigenvalue weighted by Gasteiger charge is -2.15. The Bertz CT molecular complexity index is 1210. The van der Waals surface area contributed by atoms with Crippen molar-refractivity contribution >= 4 is 16.9 Å². The largest absolute Gasteiger partial charge is 0.450 e. The summed E-state index contributed by atoms with van der Waals surface area (Å²) in [4.78, 5) is 14.6. The molecule has 2 heterocycles. The number of halogens is 1. The van der Waals surface area contributed by atoms with Gasteiger partial charge in [0.1, 0.15) is 11.4 Å². The number of aromatic amines is 1. The fourth-order valence-electron chi connectivity index (χ4n) is 3.66. The van der Waals surface area contributed by atoms with Gasteiger partial charge in [-0.25, -0.2) is 4.39 Å². The molecule has 0 spiro atoms. The SMILES string of the molecule is Cc1c(C(=O)N(C)CCCc2cc(-c3cccc(F)c3)n[nH]2)oc2c(C)cccc12. The highest BCUT2D eigenvalue weighted by atomic mass is 19.1. The van der Waals surface area contributed by atoms with E-state index in [-0.39, 0.29) is 11.7 Å². The highest BCUT2D eigenvalue weighted by molar-refractivity contribution is 5.99. The molecule has 4 rings (SSSR count). The van der Waals surface area contributed by atoms with Gasteiger partial charge in [-0.1, -0.05) is 30.3 Å². The fraction of sp³-hybridized carbons (Fsp3) is 0.250. The zero-order chi connectivity index (χ0) is 21.3. The number of furan rings is 1. The van der Waals surface area contributed by atoms with E-state index < -0.39 is 0 Å². The summed E-state index contributed by atoms with van der Waals surface area (Å²) in [7, 11) is 1.78. The highest BCUT2D eigenvalue weighted by Gasteiger charge is 2.21. The molecule has 0 aliphatic rings. The van der Waals surface area contributed by atoms with E-state index in [4.69, 9.17) is 4.42 Å². The second-order valence-corrected chi connectivity index (χ2v) is 7.63. The van der Waals surface area contributed by atoms with Crippen LogP contribution in [0.25, 0.3) is 22.2 Å². The van der Waals surface area contributed by atoms with Crippen molar-refractivity contribution in [2.75, 3.05) is 13.6 Å². The molecule has 2 aromatic carbocycles. The molecule has 2 aromatic heterocycles. The zero-order valence-electron chi connectivity index (χ0n) is 17.3. The second-order valence-electron chi connectivity index (χ2n) is 7.63. The predicted octanol–water partition coefficient (Wildman–Crippen LogP) is 5.28. The lowest BCUT2D eigenvalue weighted by Crippen LogP contribution is -2.28. The van der Waals surface area contributed by atoms with Gasteiger partial charge in [-0.2, -0.15) is 5.10 Å². The Morgan fingerprint density at radius 3 is 2.73 bits per heavy atom. The number of amides is 1. The van der Waals surface area contributed by atoms with E-state index in [0.29, 0.717) is 18.0 Å². The minimum absolute atomic E-state index is 0.117. The van der Waals surface area contributed by atoms with Gasteiger partial charge in [0.05, 0.1) is 5.69 Å². The van der Waals surface area contributed by atoms with Gasteiger partial charge >= 0.3 is 0 Å². The molecule has 0 aliphatic heterocycles. The van der Waals surface area contributed by atoms with E-state index in [2.05, 4.69) is 10.2 Å². The molecule has 4 aromatic rings. The van der Waals surface area contributed by atoms with Gasteiger partial charge in [0.2, 0.25) is 0 Å². The molecule has 0 fully saturated rings. The number of rotatable bonds is 6. The number of nitrogens with zero attached hydrogens (tertiary/aromatic N) is 2. The Kier molecular flexibility index (Phi) is 5.40. The molecular formula is C24H24FN3O2. The quantitative estimate of drug-likeness (QED) is 0.474. The third kappa shape index (κ3) is 3.85. The van der Waals surface area contributed by atoms with Crippen LogP contribution in [0.2, 0.25) is 0 Å². The van der Waals surface area contributed by atoms with Crippen LogP contribution in [0, 0.1) is 19.7 Å². The van der Waals surface area contributed by atoms with Gasteiger partial charge in [-0.05, 0) is 50.5 Å². The maximum atomic E-state index is 13.4. The summed E-state index contributed by atoms with van der Waals surface area (Å²) in [6, 6.07) is 14.2. The number of nitrogens with one attached hydrogen (secondary N) is 1. The van der Waals surface area contributed by atoms with Crippen LogP contribution < -0.4 is 0 Å². The lowest BCUT2D eigenvalue weighted by molar-refractivity contribution is 0.0763. The molecule has 5 nitrogen and oxygen atoms in total. The van der Waals surface area contributed by atoms with Crippen molar-refractivity contribution in [3.8, 4) is 11.3 Å². The average molecular weight is 405 g/mol. The van der Waals surface area contributed by atoms with Crippen molar-refractivity contribution in [1.82, 2.24) is 15.1 Å². The van der Waals surface area contributed by atoms with Gasteiger partial charge < -0.3 is 9.32 Å². The van der Waals surface area contributed by atoms with Gasteiger partial charge in [-0.15, -0.1) is 0 Å². The topological polar surface area (TPSA) is 62.1 Å². The van der Waals surface area contributed by atoms with Gasteiger partial charge in [0.25, 0.3) is 5.91 Å². The number of hydrogen-bond acceptors (Lipinski definition) is 3. The molecule has 0 aliphatic carbocycles. The van der Waals surface area contributed by atoms with Crippen molar-refractivity contribution in [3.63, 3.8) is 0 Å². The van der Waals surface area contributed by atoms with Crippen LogP contribution in [0.4, 0.5) is 4.39 Å². The minimum atomic E-state index is -0.284. The van der Waals surface area contributed by atoms with Crippen LogP contribution in [-0.2, 0) is 6.42 Å². The molecule has 30 heavy (non-hydrogen) atoms. The third-order valence-corrected chi connectivity index (χ3v) is 5.39. The maximum Gasteiger partial charge on any atom is 0.289 e. The molecule has 0 radical (unpaired) electrons. The van der Waals surface area contributed by atoms with E-state index in [1.807, 2.05) is 44.2 Å². The molecule has 0 saturated heterocycles. The number of benzene rings is 2. The Morgan fingerprint density at radius 1 is 1.17 bits per heavy atom. The number of carbonyl (C=O) groups is 1. The number of aryl methyl sites for hydroxylation is 3. The summed E-state index contributed by atoms with van der Waals surface area (Å²) in [5.74, 6) is -0.00171. The molecule has 1 amide bonds. The first-order valence-electron chi connectivity index (χ1n) is 9.98. The number of carbonyl (C=O) groups excluding carboxylic acids is 1. The van der Waals surface area contributed by atoms with Crippen LogP contribution in [0.1, 0.15) is 33.8 Å². The molecule has 0 saturated carbocycles. The zero-order valence-corrected chi connectivity index (χ0v) is 17.3. The Morgan fingerprint density at radius 2 is 1.97 bits per heavy atom. The van der Waals surface area contributed by atoms with Crippen molar-refractivity contribution in [1.29, 1.82) is 0 Å². The van der Waals surface area contributed by atoms with Crippen molar-refractivity contribution in [3.05, 3.63) is 76.9 Å². The summed E-state index contributed by atoms with van der Waals surface area (Å²) < 4.78 is 19.3. The molecular weight excluding hydrogens is 381 g/mol. The van der Waals surface area contributed by atoms with E-state index in [1.54, 1.807) is 18.0 Å². The monoisotopic (exact) mass is 405 g/mol. The van der Waals surface area contributed by atoms with Crippen LogP contribution in [-0.4, -0.2) is 34.6 Å². The van der Waals surface area contributed by atoms with Crippen molar-refractivity contribution in [2.24, 2.45) is 0 Å².